The molecule has 0 fully saturated rings. The molecule has 1 aromatic heterocycles. The second kappa shape index (κ2) is 8.86. The van der Waals surface area contributed by atoms with Gasteiger partial charge in [0.15, 0.2) is 0 Å². The quantitative estimate of drug-likeness (QED) is 0.480. The van der Waals surface area contributed by atoms with E-state index in [9.17, 15) is 18.0 Å². The van der Waals surface area contributed by atoms with Crippen molar-refractivity contribution in [3.8, 4) is 0 Å². The third-order valence-corrected chi connectivity index (χ3v) is 4.87. The molecule has 0 saturated carbocycles. The van der Waals surface area contributed by atoms with Gasteiger partial charge in [0.2, 0.25) is 0 Å². The second-order valence-corrected chi connectivity index (χ2v) is 9.31. The summed E-state index contributed by atoms with van der Waals surface area (Å²) < 4.78 is 28.6. The van der Waals surface area contributed by atoms with Crippen molar-refractivity contribution in [2.24, 2.45) is 0 Å². The summed E-state index contributed by atoms with van der Waals surface area (Å²) in [5.74, 6) is -1.39. The summed E-state index contributed by atoms with van der Waals surface area (Å²) in [6, 6.07) is 1.43. The van der Waals surface area contributed by atoms with Gasteiger partial charge in [-0.05, 0) is 25.8 Å². The third-order valence-electron chi connectivity index (χ3n) is 3.51. The van der Waals surface area contributed by atoms with Gasteiger partial charge >= 0.3 is 5.97 Å². The van der Waals surface area contributed by atoms with Crippen LogP contribution in [-0.4, -0.2) is 59.6 Å². The van der Waals surface area contributed by atoms with Gasteiger partial charge in [0.05, 0.1) is 19.4 Å². The highest BCUT2D eigenvalue weighted by molar-refractivity contribution is 7.90. The van der Waals surface area contributed by atoms with Crippen molar-refractivity contribution in [1.82, 2.24) is 15.1 Å². The van der Waals surface area contributed by atoms with Crippen LogP contribution < -0.4 is 5.32 Å². The van der Waals surface area contributed by atoms with Gasteiger partial charge in [0.25, 0.3) is 5.91 Å². The summed E-state index contributed by atoms with van der Waals surface area (Å²) in [4.78, 5) is 23.9. The molecule has 0 aliphatic rings. The molecule has 0 aliphatic carbocycles. The van der Waals surface area contributed by atoms with Gasteiger partial charge in [0.1, 0.15) is 25.9 Å². The summed E-state index contributed by atoms with van der Waals surface area (Å²) in [6.45, 7) is 1.53. The van der Waals surface area contributed by atoms with Gasteiger partial charge < -0.3 is 10.1 Å². The molecule has 0 unspecified atom stereocenters. The summed E-state index contributed by atoms with van der Waals surface area (Å²) in [7, 11) is -2.00. The second-order valence-electron chi connectivity index (χ2n) is 5.78. The molecule has 0 spiro atoms. The first-order valence-corrected chi connectivity index (χ1v) is 10.3. The van der Waals surface area contributed by atoms with Gasteiger partial charge in [-0.25, -0.2) is 13.2 Å². The Bertz CT molecular complexity index is 720. The predicted molar refractivity (Wildman–Crippen MR) is 94.6 cm³/mol. The van der Waals surface area contributed by atoms with E-state index in [2.05, 4.69) is 10.4 Å². The number of carbonyl (C=O) groups is 2. The maximum Gasteiger partial charge on any atom is 0.331 e. The Balaban J connectivity index is 2.94. The number of sulfone groups is 1. The maximum absolute atomic E-state index is 12.5. The molecule has 142 valence electrons. The molecule has 0 saturated heterocycles. The molecule has 8 nitrogen and oxygen atoms in total. The minimum atomic E-state index is -3.21. The molecule has 0 aromatic carbocycles. The Labute approximate surface area is 156 Å². The Hall–Kier alpha value is -1.32. The van der Waals surface area contributed by atoms with E-state index < -0.39 is 32.1 Å². The first-order valence-electron chi connectivity index (χ1n) is 7.37. The molecule has 1 amide bonds. The number of nitrogens with zero attached hydrogens (tertiary/aromatic N) is 2. The lowest BCUT2D eigenvalue weighted by Gasteiger charge is -2.28. The van der Waals surface area contributed by atoms with E-state index in [1.165, 1.54) is 31.0 Å². The largest absolute Gasteiger partial charge is 0.467 e. The molecular weight excluding hydrogens is 393 g/mol. The van der Waals surface area contributed by atoms with Crippen molar-refractivity contribution >= 4 is 44.9 Å². The molecule has 0 radical (unpaired) electrons. The fraction of sp³-hybridized carbons (Fsp3) is 0.643. The van der Waals surface area contributed by atoms with E-state index in [4.69, 9.17) is 27.9 Å². The molecule has 25 heavy (non-hydrogen) atoms. The summed E-state index contributed by atoms with van der Waals surface area (Å²) >= 11 is 11.4. The number of alkyl halides is 2. The number of halogens is 2. The van der Waals surface area contributed by atoms with Crippen LogP contribution in [0.5, 0.6) is 0 Å². The monoisotopic (exact) mass is 413 g/mol. The maximum atomic E-state index is 12.5. The number of hydrogen-bond acceptors (Lipinski definition) is 6. The molecule has 1 aromatic rings. The minimum Gasteiger partial charge on any atom is -0.467 e. The fourth-order valence-corrected chi connectivity index (χ4v) is 2.83. The van der Waals surface area contributed by atoms with Gasteiger partial charge in [-0.15, -0.1) is 23.2 Å². The smallest absolute Gasteiger partial charge is 0.331 e. The highest BCUT2D eigenvalue weighted by Gasteiger charge is 2.37. The number of hydrogen-bond donors (Lipinski definition) is 1. The van der Waals surface area contributed by atoms with Crippen LogP contribution in [0.1, 0.15) is 30.3 Å². The van der Waals surface area contributed by atoms with Crippen molar-refractivity contribution in [3.05, 3.63) is 18.0 Å². The third kappa shape index (κ3) is 6.83. The van der Waals surface area contributed by atoms with Crippen LogP contribution in [-0.2, 0) is 25.9 Å². The van der Waals surface area contributed by atoms with E-state index in [0.29, 0.717) is 0 Å². The standard InChI is InChI=1S/C14H21Cl2N3O5S/c1-14(13(21)24-2,6-4-11(15)16)18-12(20)10-5-7-17-19(10)8-9-25(3,22)23/h5,7,11H,4,6,8-9H2,1-3H3,(H,18,20)/t14-/m0/s1. The first-order chi connectivity index (χ1) is 11.5. The average molecular weight is 414 g/mol. The van der Waals surface area contributed by atoms with E-state index in [1.807, 2.05) is 0 Å². The number of ether oxygens (including phenoxy) is 1. The Kier molecular flexibility index (Phi) is 7.70. The molecule has 11 heteroatoms. The molecule has 0 bridgehead atoms. The van der Waals surface area contributed by atoms with Crippen molar-refractivity contribution in [1.29, 1.82) is 0 Å². The Morgan fingerprint density at radius 1 is 1.44 bits per heavy atom. The molecule has 1 rings (SSSR count). The predicted octanol–water partition coefficient (Wildman–Crippen LogP) is 1.17. The van der Waals surface area contributed by atoms with Crippen LogP contribution in [0, 0.1) is 0 Å². The average Bonchev–Trinajstić information content (AvgIpc) is 2.98. The molecule has 1 N–H and O–H groups in total. The zero-order valence-corrected chi connectivity index (χ0v) is 16.5. The summed E-state index contributed by atoms with van der Waals surface area (Å²) in [5, 5.41) is 6.54. The van der Waals surface area contributed by atoms with Gasteiger partial charge in [-0.2, -0.15) is 5.10 Å². The zero-order chi connectivity index (χ0) is 19.3. The van der Waals surface area contributed by atoms with Crippen molar-refractivity contribution < 1.29 is 22.7 Å². The number of esters is 1. The lowest BCUT2D eigenvalue weighted by atomic mass is 9.96. The van der Waals surface area contributed by atoms with Crippen molar-refractivity contribution in [2.75, 3.05) is 19.1 Å². The van der Waals surface area contributed by atoms with Gasteiger partial charge in [-0.1, -0.05) is 0 Å². The zero-order valence-electron chi connectivity index (χ0n) is 14.2. The van der Waals surface area contributed by atoms with Crippen LogP contribution >= 0.6 is 23.2 Å². The van der Waals surface area contributed by atoms with Gasteiger partial charge in [-0.3, -0.25) is 9.48 Å². The van der Waals surface area contributed by atoms with E-state index in [-0.39, 0.29) is 30.8 Å². The summed E-state index contributed by atoms with van der Waals surface area (Å²) in [6.07, 6.45) is 2.91. The van der Waals surface area contributed by atoms with Crippen LogP contribution in [0.3, 0.4) is 0 Å². The van der Waals surface area contributed by atoms with Crippen molar-refractivity contribution in [2.45, 2.75) is 36.7 Å². The Morgan fingerprint density at radius 2 is 2.08 bits per heavy atom. The number of methoxy groups -OCH3 is 1. The molecule has 1 heterocycles. The lowest BCUT2D eigenvalue weighted by Crippen LogP contribution is -2.53. The number of carbonyl (C=O) groups excluding carboxylic acids is 2. The fourth-order valence-electron chi connectivity index (χ4n) is 2.11. The lowest BCUT2D eigenvalue weighted by molar-refractivity contribution is -0.147. The van der Waals surface area contributed by atoms with Crippen LogP contribution in [0.25, 0.3) is 0 Å². The Morgan fingerprint density at radius 3 is 2.60 bits per heavy atom. The van der Waals surface area contributed by atoms with E-state index in [0.717, 1.165) is 6.26 Å². The molecular formula is C14H21Cl2N3O5S. The number of aromatic nitrogens is 2. The van der Waals surface area contributed by atoms with Crippen LogP contribution in [0.2, 0.25) is 0 Å². The number of nitrogens with one attached hydrogen (secondary N) is 1. The minimum absolute atomic E-state index is 0.0228. The first kappa shape index (κ1) is 21.7. The number of rotatable bonds is 9. The SMILES string of the molecule is COC(=O)[C@](C)(CCC(Cl)Cl)NC(=O)c1ccnn1CCS(C)(=O)=O. The van der Waals surface area contributed by atoms with Crippen LogP contribution in [0.15, 0.2) is 12.3 Å². The highest BCUT2D eigenvalue weighted by atomic mass is 35.5. The van der Waals surface area contributed by atoms with E-state index in [1.54, 1.807) is 0 Å². The van der Waals surface area contributed by atoms with E-state index >= 15 is 0 Å². The summed E-state index contributed by atoms with van der Waals surface area (Å²) in [5.41, 5.74) is -1.20. The van der Waals surface area contributed by atoms with Crippen LogP contribution in [0.4, 0.5) is 0 Å². The molecule has 0 aliphatic heterocycles. The molecule has 1 atom stereocenters. The van der Waals surface area contributed by atoms with Crippen molar-refractivity contribution in [3.63, 3.8) is 0 Å². The van der Waals surface area contributed by atoms with Gasteiger partial charge in [0, 0.05) is 12.5 Å². The normalized spacial score (nSPS) is 14.2. The topological polar surface area (TPSA) is 107 Å². The number of amides is 1. The number of aryl methyl sites for hydroxylation is 1. The highest BCUT2D eigenvalue weighted by Crippen LogP contribution is 2.20.